The number of non-ortho nitro benzene ring substituents is 1. The summed E-state index contributed by atoms with van der Waals surface area (Å²) in [5, 5.41) is 20.9. The van der Waals surface area contributed by atoms with Crippen LogP contribution in [0.4, 0.5) is 5.69 Å². The number of carboxylic acid groups (broad SMARTS) is 1. The van der Waals surface area contributed by atoms with E-state index in [0.29, 0.717) is 28.5 Å². The third-order valence-corrected chi connectivity index (χ3v) is 5.21. The van der Waals surface area contributed by atoms with E-state index in [1.165, 1.54) is 24.3 Å². The highest BCUT2D eigenvalue weighted by atomic mass is 16.6. The van der Waals surface area contributed by atoms with Crippen LogP contribution >= 0.6 is 0 Å². The number of pyridine rings is 1. The largest absolute Gasteiger partial charge is 0.478 e. The fourth-order valence-electron chi connectivity index (χ4n) is 3.57. The molecule has 5 aromatic rings. The van der Waals surface area contributed by atoms with E-state index in [1.54, 1.807) is 12.1 Å². The number of para-hydroxylation sites is 1. The lowest BCUT2D eigenvalue weighted by atomic mass is 10.1. The maximum atomic E-state index is 11.8. The number of furan rings is 1. The second-order valence-electron chi connectivity index (χ2n) is 7.42. The Morgan fingerprint density at radius 1 is 0.882 bits per heavy atom. The van der Waals surface area contributed by atoms with Crippen molar-refractivity contribution in [3.63, 3.8) is 0 Å². The topological polar surface area (TPSA) is 116 Å². The molecule has 0 saturated heterocycles. The van der Waals surface area contributed by atoms with Crippen LogP contribution in [0.25, 0.3) is 33.7 Å². The Bertz CT molecular complexity index is 1520. The Morgan fingerprint density at radius 2 is 1.59 bits per heavy atom. The Balaban J connectivity index is 1.46. The highest BCUT2D eigenvalue weighted by Gasteiger charge is 2.18. The third kappa shape index (κ3) is 4.07. The monoisotopic (exact) mass is 452 g/mol. The molecule has 0 bridgehead atoms. The summed E-state index contributed by atoms with van der Waals surface area (Å²) in [6, 6.07) is 25.6. The molecule has 2 aromatic heterocycles. The summed E-state index contributed by atoms with van der Waals surface area (Å²) in [5.41, 5.74) is 1.14. The molecule has 0 aliphatic carbocycles. The van der Waals surface area contributed by atoms with Crippen molar-refractivity contribution in [3.05, 3.63) is 107 Å². The molecule has 34 heavy (non-hydrogen) atoms. The standard InChI is InChI=1S/C26H16N2O6/c29-26(30)21-15-23(27-22-11-8-17(28(31)32)14-20(21)22)25-13-12-24(34-25)16-6-9-19(10-7-16)33-18-4-2-1-3-5-18/h1-15H,(H,29,30). The number of ether oxygens (including phenoxy) is 1. The number of rotatable bonds is 6. The molecule has 0 amide bonds. The van der Waals surface area contributed by atoms with Gasteiger partial charge in [0.2, 0.25) is 0 Å². The zero-order chi connectivity index (χ0) is 23.7. The molecule has 8 nitrogen and oxygen atoms in total. The molecule has 3 aromatic carbocycles. The highest BCUT2D eigenvalue weighted by molar-refractivity contribution is 6.04. The van der Waals surface area contributed by atoms with Crippen LogP contribution in [0.5, 0.6) is 11.5 Å². The molecule has 0 aliphatic heterocycles. The van der Waals surface area contributed by atoms with Crippen molar-refractivity contribution in [2.24, 2.45) is 0 Å². The average molecular weight is 452 g/mol. The van der Waals surface area contributed by atoms with Gasteiger partial charge in [0.1, 0.15) is 23.0 Å². The zero-order valence-corrected chi connectivity index (χ0v) is 17.5. The van der Waals surface area contributed by atoms with Crippen LogP contribution in [0, 0.1) is 10.1 Å². The van der Waals surface area contributed by atoms with Crippen LogP contribution in [0.1, 0.15) is 10.4 Å². The van der Waals surface area contributed by atoms with Crippen LogP contribution in [0.2, 0.25) is 0 Å². The minimum Gasteiger partial charge on any atom is -0.478 e. The zero-order valence-electron chi connectivity index (χ0n) is 17.5. The van der Waals surface area contributed by atoms with Gasteiger partial charge in [-0.15, -0.1) is 0 Å². The van der Waals surface area contributed by atoms with Gasteiger partial charge in [0.05, 0.1) is 16.0 Å². The SMILES string of the molecule is O=C(O)c1cc(-c2ccc(-c3ccc(Oc4ccccc4)cc3)o2)nc2ccc([N+](=O)[O-])cc12. The molecule has 0 atom stereocenters. The highest BCUT2D eigenvalue weighted by Crippen LogP contribution is 2.32. The van der Waals surface area contributed by atoms with Crippen LogP contribution < -0.4 is 4.74 Å². The molecule has 8 heteroatoms. The molecule has 0 spiro atoms. The fourth-order valence-corrected chi connectivity index (χ4v) is 3.57. The first-order valence-electron chi connectivity index (χ1n) is 10.2. The van der Waals surface area contributed by atoms with Crippen molar-refractivity contribution in [1.82, 2.24) is 4.98 Å². The van der Waals surface area contributed by atoms with Gasteiger partial charge in [0, 0.05) is 23.1 Å². The lowest BCUT2D eigenvalue weighted by molar-refractivity contribution is -0.384. The quantitative estimate of drug-likeness (QED) is 0.229. The Kier molecular flexibility index (Phi) is 5.23. The van der Waals surface area contributed by atoms with Crippen LogP contribution in [0.3, 0.4) is 0 Å². The molecule has 0 radical (unpaired) electrons. The van der Waals surface area contributed by atoms with Crippen LogP contribution in [-0.2, 0) is 0 Å². The summed E-state index contributed by atoms with van der Waals surface area (Å²) in [5.74, 6) is 1.15. The second kappa shape index (κ2) is 8.51. The predicted octanol–water partition coefficient (Wildman–Crippen LogP) is 6.56. The van der Waals surface area contributed by atoms with Gasteiger partial charge in [0.15, 0.2) is 5.76 Å². The van der Waals surface area contributed by atoms with E-state index < -0.39 is 10.9 Å². The summed E-state index contributed by atoms with van der Waals surface area (Å²) >= 11 is 0. The van der Waals surface area contributed by atoms with E-state index in [2.05, 4.69) is 4.98 Å². The number of nitro groups is 1. The first-order valence-corrected chi connectivity index (χ1v) is 10.2. The van der Waals surface area contributed by atoms with Crippen molar-refractivity contribution < 1.29 is 24.0 Å². The number of carboxylic acids is 1. The van der Waals surface area contributed by atoms with Gasteiger partial charge < -0.3 is 14.3 Å². The molecule has 0 saturated carbocycles. The molecule has 0 unspecified atom stereocenters. The third-order valence-electron chi connectivity index (χ3n) is 5.21. The minimum absolute atomic E-state index is 0.0935. The number of hydrogen-bond acceptors (Lipinski definition) is 6. The summed E-state index contributed by atoms with van der Waals surface area (Å²) < 4.78 is 11.8. The number of aromatic nitrogens is 1. The van der Waals surface area contributed by atoms with E-state index in [0.717, 1.165) is 11.3 Å². The van der Waals surface area contributed by atoms with E-state index in [4.69, 9.17) is 9.15 Å². The van der Waals surface area contributed by atoms with Crippen LogP contribution in [-0.4, -0.2) is 21.0 Å². The summed E-state index contributed by atoms with van der Waals surface area (Å²) in [6.45, 7) is 0. The molecular formula is C26H16N2O6. The van der Waals surface area contributed by atoms with Crippen molar-refractivity contribution in [2.75, 3.05) is 0 Å². The number of aromatic carboxylic acids is 1. The summed E-state index contributed by atoms with van der Waals surface area (Å²) in [4.78, 5) is 26.8. The molecule has 2 heterocycles. The number of hydrogen-bond donors (Lipinski definition) is 1. The van der Waals surface area contributed by atoms with E-state index in [-0.39, 0.29) is 16.6 Å². The fraction of sp³-hybridized carbons (Fsp3) is 0. The Labute approximate surface area is 192 Å². The molecule has 5 rings (SSSR count). The van der Waals surface area contributed by atoms with Gasteiger partial charge in [-0.25, -0.2) is 9.78 Å². The molecular weight excluding hydrogens is 436 g/mol. The lowest BCUT2D eigenvalue weighted by Crippen LogP contribution is -2.01. The van der Waals surface area contributed by atoms with E-state index in [9.17, 15) is 20.0 Å². The first kappa shape index (κ1) is 20.9. The minimum atomic E-state index is -1.21. The first-order chi connectivity index (χ1) is 16.5. The van der Waals surface area contributed by atoms with Gasteiger partial charge >= 0.3 is 5.97 Å². The molecule has 0 fully saturated rings. The number of nitro benzene ring substituents is 1. The van der Waals surface area contributed by atoms with Crippen molar-refractivity contribution in [2.45, 2.75) is 0 Å². The van der Waals surface area contributed by atoms with Gasteiger partial charge in [-0.3, -0.25) is 10.1 Å². The number of benzene rings is 3. The normalized spacial score (nSPS) is 10.8. The van der Waals surface area contributed by atoms with Gasteiger partial charge in [0.25, 0.3) is 5.69 Å². The molecule has 1 N–H and O–H groups in total. The smallest absolute Gasteiger partial charge is 0.336 e. The van der Waals surface area contributed by atoms with E-state index >= 15 is 0 Å². The van der Waals surface area contributed by atoms with Gasteiger partial charge in [-0.1, -0.05) is 18.2 Å². The van der Waals surface area contributed by atoms with Crippen molar-refractivity contribution in [3.8, 4) is 34.3 Å². The maximum Gasteiger partial charge on any atom is 0.336 e. The summed E-state index contributed by atoms with van der Waals surface area (Å²) in [7, 11) is 0. The Morgan fingerprint density at radius 3 is 2.29 bits per heavy atom. The van der Waals surface area contributed by atoms with Crippen LogP contribution in [0.15, 0.2) is 95.4 Å². The van der Waals surface area contributed by atoms with Gasteiger partial charge in [-0.05, 0) is 60.7 Å². The maximum absolute atomic E-state index is 11.8. The van der Waals surface area contributed by atoms with Crippen molar-refractivity contribution >= 4 is 22.6 Å². The molecule has 0 aliphatic rings. The number of nitrogens with zero attached hydrogens (tertiary/aromatic N) is 2. The summed E-state index contributed by atoms with van der Waals surface area (Å²) in [6.07, 6.45) is 0. The van der Waals surface area contributed by atoms with Crippen molar-refractivity contribution in [1.29, 1.82) is 0 Å². The number of carbonyl (C=O) groups is 1. The average Bonchev–Trinajstić information content (AvgIpc) is 3.34. The Hall–Kier alpha value is -4.98. The van der Waals surface area contributed by atoms with Gasteiger partial charge in [-0.2, -0.15) is 0 Å². The second-order valence-corrected chi connectivity index (χ2v) is 7.42. The number of fused-ring (bicyclic) bond motifs is 1. The van der Waals surface area contributed by atoms with E-state index in [1.807, 2.05) is 54.6 Å². The molecule has 166 valence electrons. The predicted molar refractivity (Wildman–Crippen MR) is 125 cm³/mol. The lowest BCUT2D eigenvalue weighted by Gasteiger charge is -2.06.